The standard InChI is InChI=1S/C14H15N3O/c15-13-5-6-16-14(17-13)8-10-7-11-3-1-2-4-12(11)18-9-10/h1-6,10H,7-9H2,(H2,15,16,17). The molecular formula is C14H15N3O. The van der Waals surface area contributed by atoms with Gasteiger partial charge in [-0.15, -0.1) is 0 Å². The van der Waals surface area contributed by atoms with Crippen LogP contribution < -0.4 is 10.5 Å². The van der Waals surface area contributed by atoms with Gasteiger partial charge >= 0.3 is 0 Å². The van der Waals surface area contributed by atoms with Crippen molar-refractivity contribution in [2.24, 2.45) is 5.92 Å². The maximum Gasteiger partial charge on any atom is 0.131 e. The predicted octanol–water partition coefficient (Wildman–Crippen LogP) is 1.85. The van der Waals surface area contributed by atoms with E-state index in [4.69, 9.17) is 10.5 Å². The Morgan fingerprint density at radius 1 is 1.28 bits per heavy atom. The number of anilines is 1. The SMILES string of the molecule is Nc1ccnc(CC2COc3ccccc3C2)n1. The summed E-state index contributed by atoms with van der Waals surface area (Å²) in [4.78, 5) is 8.48. The number of para-hydroxylation sites is 1. The second-order valence-electron chi connectivity index (χ2n) is 4.59. The van der Waals surface area contributed by atoms with Crippen molar-refractivity contribution in [2.45, 2.75) is 12.8 Å². The van der Waals surface area contributed by atoms with Crippen molar-refractivity contribution in [2.75, 3.05) is 12.3 Å². The Bertz CT molecular complexity index is 556. The highest BCUT2D eigenvalue weighted by atomic mass is 16.5. The lowest BCUT2D eigenvalue weighted by atomic mass is 9.94. The first-order valence-electron chi connectivity index (χ1n) is 6.09. The third-order valence-electron chi connectivity index (χ3n) is 3.15. The molecule has 0 bridgehead atoms. The number of benzene rings is 1. The van der Waals surface area contributed by atoms with Crippen molar-refractivity contribution in [3.8, 4) is 5.75 Å². The van der Waals surface area contributed by atoms with Gasteiger partial charge in [-0.25, -0.2) is 9.97 Å². The fourth-order valence-corrected chi connectivity index (χ4v) is 2.29. The van der Waals surface area contributed by atoms with Crippen molar-refractivity contribution in [3.63, 3.8) is 0 Å². The molecule has 1 aliphatic heterocycles. The number of fused-ring (bicyclic) bond motifs is 1. The zero-order valence-electron chi connectivity index (χ0n) is 10.0. The summed E-state index contributed by atoms with van der Waals surface area (Å²) >= 11 is 0. The van der Waals surface area contributed by atoms with E-state index in [0.717, 1.165) is 31.0 Å². The van der Waals surface area contributed by atoms with Crippen LogP contribution in [0.5, 0.6) is 5.75 Å². The van der Waals surface area contributed by atoms with Crippen molar-refractivity contribution in [1.29, 1.82) is 0 Å². The second-order valence-corrected chi connectivity index (χ2v) is 4.59. The number of ether oxygens (including phenoxy) is 1. The van der Waals surface area contributed by atoms with Crippen LogP contribution in [0.3, 0.4) is 0 Å². The highest BCUT2D eigenvalue weighted by molar-refractivity contribution is 5.35. The zero-order valence-corrected chi connectivity index (χ0v) is 10.0. The van der Waals surface area contributed by atoms with Gasteiger partial charge in [-0.1, -0.05) is 18.2 Å². The number of rotatable bonds is 2. The van der Waals surface area contributed by atoms with E-state index in [0.29, 0.717) is 11.7 Å². The molecule has 2 heterocycles. The summed E-state index contributed by atoms with van der Waals surface area (Å²) in [5.74, 6) is 2.74. The molecule has 18 heavy (non-hydrogen) atoms. The number of hydrogen-bond acceptors (Lipinski definition) is 4. The van der Waals surface area contributed by atoms with Gasteiger partial charge in [-0.3, -0.25) is 0 Å². The molecule has 0 amide bonds. The van der Waals surface area contributed by atoms with Crippen molar-refractivity contribution in [1.82, 2.24) is 9.97 Å². The number of nitrogens with two attached hydrogens (primary N) is 1. The van der Waals surface area contributed by atoms with Gasteiger partial charge in [-0.05, 0) is 24.1 Å². The van der Waals surface area contributed by atoms with Gasteiger partial charge in [0.05, 0.1) is 6.61 Å². The quantitative estimate of drug-likeness (QED) is 0.871. The fourth-order valence-electron chi connectivity index (χ4n) is 2.29. The molecule has 0 spiro atoms. The van der Waals surface area contributed by atoms with E-state index in [1.807, 2.05) is 18.2 Å². The molecule has 4 nitrogen and oxygen atoms in total. The van der Waals surface area contributed by atoms with Gasteiger partial charge in [0.15, 0.2) is 0 Å². The van der Waals surface area contributed by atoms with Crippen LogP contribution in [0.25, 0.3) is 0 Å². The number of nitrogen functional groups attached to an aromatic ring is 1. The van der Waals surface area contributed by atoms with Gasteiger partial charge in [0.2, 0.25) is 0 Å². The Kier molecular flexibility index (Phi) is 2.84. The summed E-state index contributed by atoms with van der Waals surface area (Å²) in [5, 5.41) is 0. The summed E-state index contributed by atoms with van der Waals surface area (Å²) in [6.45, 7) is 0.717. The zero-order chi connectivity index (χ0) is 12.4. The first-order chi connectivity index (χ1) is 8.81. The molecule has 0 radical (unpaired) electrons. The van der Waals surface area contributed by atoms with Crippen LogP contribution >= 0.6 is 0 Å². The van der Waals surface area contributed by atoms with Crippen LogP contribution in [0, 0.1) is 5.92 Å². The van der Waals surface area contributed by atoms with Gasteiger partial charge in [0.1, 0.15) is 17.4 Å². The Hall–Kier alpha value is -2.10. The van der Waals surface area contributed by atoms with Gasteiger partial charge in [0, 0.05) is 18.5 Å². The summed E-state index contributed by atoms with van der Waals surface area (Å²) in [6.07, 6.45) is 3.52. The van der Waals surface area contributed by atoms with E-state index in [2.05, 4.69) is 16.0 Å². The number of hydrogen-bond donors (Lipinski definition) is 1. The summed E-state index contributed by atoms with van der Waals surface area (Å²) in [5.41, 5.74) is 6.92. The summed E-state index contributed by atoms with van der Waals surface area (Å²) in [6, 6.07) is 9.88. The molecule has 0 saturated carbocycles. The number of nitrogens with zero attached hydrogens (tertiary/aromatic N) is 2. The fraction of sp³-hybridized carbons (Fsp3) is 0.286. The van der Waals surface area contributed by atoms with Crippen molar-refractivity contribution < 1.29 is 4.74 Å². The molecule has 1 aromatic carbocycles. The molecule has 0 aliphatic carbocycles. The maximum absolute atomic E-state index is 5.75. The molecule has 92 valence electrons. The molecule has 1 aliphatic rings. The third-order valence-corrected chi connectivity index (χ3v) is 3.15. The Labute approximate surface area is 106 Å². The third kappa shape index (κ3) is 2.27. The van der Waals surface area contributed by atoms with Crippen LogP contribution in [0.1, 0.15) is 11.4 Å². The molecule has 4 heteroatoms. The van der Waals surface area contributed by atoms with Crippen LogP contribution in [0.4, 0.5) is 5.82 Å². The molecule has 1 aromatic heterocycles. The molecule has 1 unspecified atom stereocenters. The molecule has 1 atom stereocenters. The monoisotopic (exact) mass is 241 g/mol. The second kappa shape index (κ2) is 4.64. The molecule has 2 N–H and O–H groups in total. The lowest BCUT2D eigenvalue weighted by molar-refractivity contribution is 0.219. The minimum Gasteiger partial charge on any atom is -0.493 e. The Balaban J connectivity index is 1.73. The smallest absolute Gasteiger partial charge is 0.131 e. The highest BCUT2D eigenvalue weighted by Gasteiger charge is 2.20. The maximum atomic E-state index is 5.75. The van der Waals surface area contributed by atoms with Crippen LogP contribution in [-0.2, 0) is 12.8 Å². The summed E-state index contributed by atoms with van der Waals surface area (Å²) < 4.78 is 5.75. The molecular weight excluding hydrogens is 226 g/mol. The molecule has 0 saturated heterocycles. The van der Waals surface area contributed by atoms with Crippen molar-refractivity contribution >= 4 is 5.82 Å². The average Bonchev–Trinajstić information content (AvgIpc) is 2.39. The van der Waals surface area contributed by atoms with E-state index in [1.165, 1.54) is 5.56 Å². The van der Waals surface area contributed by atoms with E-state index in [9.17, 15) is 0 Å². The van der Waals surface area contributed by atoms with Crippen molar-refractivity contribution in [3.05, 3.63) is 47.9 Å². The van der Waals surface area contributed by atoms with E-state index >= 15 is 0 Å². The normalized spacial score (nSPS) is 17.9. The van der Waals surface area contributed by atoms with E-state index in [-0.39, 0.29) is 0 Å². The predicted molar refractivity (Wildman–Crippen MR) is 69.3 cm³/mol. The Morgan fingerprint density at radius 2 is 2.17 bits per heavy atom. The molecule has 0 fully saturated rings. The lowest BCUT2D eigenvalue weighted by Crippen LogP contribution is -2.23. The van der Waals surface area contributed by atoms with Gasteiger partial charge < -0.3 is 10.5 Å². The average molecular weight is 241 g/mol. The van der Waals surface area contributed by atoms with E-state index < -0.39 is 0 Å². The first-order valence-corrected chi connectivity index (χ1v) is 6.09. The van der Waals surface area contributed by atoms with Gasteiger partial charge in [-0.2, -0.15) is 0 Å². The summed E-state index contributed by atoms with van der Waals surface area (Å²) in [7, 11) is 0. The largest absolute Gasteiger partial charge is 0.493 e. The van der Waals surface area contributed by atoms with Gasteiger partial charge in [0.25, 0.3) is 0 Å². The van der Waals surface area contributed by atoms with E-state index in [1.54, 1.807) is 12.3 Å². The topological polar surface area (TPSA) is 61.0 Å². The first kappa shape index (κ1) is 11.0. The van der Waals surface area contributed by atoms with Crippen LogP contribution in [0.15, 0.2) is 36.5 Å². The minimum absolute atomic E-state index is 0.418. The minimum atomic E-state index is 0.418. The van der Waals surface area contributed by atoms with Crippen LogP contribution in [0.2, 0.25) is 0 Å². The molecule has 3 rings (SSSR count). The Morgan fingerprint density at radius 3 is 3.06 bits per heavy atom. The van der Waals surface area contributed by atoms with Crippen LogP contribution in [-0.4, -0.2) is 16.6 Å². The highest BCUT2D eigenvalue weighted by Crippen LogP contribution is 2.27. The number of aromatic nitrogens is 2. The molecule has 2 aromatic rings. The lowest BCUT2D eigenvalue weighted by Gasteiger charge is -2.24.